The lowest BCUT2D eigenvalue weighted by atomic mass is 10.0. The molecular formula is C14H17N3. The van der Waals surface area contributed by atoms with E-state index in [0.29, 0.717) is 0 Å². The number of fused-ring (bicyclic) bond motifs is 1. The molecule has 88 valence electrons. The zero-order valence-electron chi connectivity index (χ0n) is 9.82. The molecule has 1 aromatic carbocycles. The minimum Gasteiger partial charge on any atom is -0.344 e. The first-order valence-electron chi connectivity index (χ1n) is 6.23. The number of hydrogen-bond acceptors (Lipinski definition) is 2. The number of imidazole rings is 1. The van der Waals surface area contributed by atoms with Crippen molar-refractivity contribution in [2.75, 3.05) is 0 Å². The predicted molar refractivity (Wildman–Crippen MR) is 67.7 cm³/mol. The minimum atomic E-state index is -0.137. The first-order chi connectivity index (χ1) is 8.34. The summed E-state index contributed by atoms with van der Waals surface area (Å²) >= 11 is 0. The van der Waals surface area contributed by atoms with Crippen molar-refractivity contribution >= 4 is 0 Å². The molecule has 1 unspecified atom stereocenters. The third-order valence-electron chi connectivity index (χ3n) is 3.43. The minimum absolute atomic E-state index is 0.137. The van der Waals surface area contributed by atoms with Gasteiger partial charge in [-0.3, -0.25) is 0 Å². The summed E-state index contributed by atoms with van der Waals surface area (Å²) < 4.78 is 0. The molecule has 0 spiro atoms. The number of hydrogen-bond donors (Lipinski definition) is 2. The second-order valence-corrected chi connectivity index (χ2v) is 4.64. The van der Waals surface area contributed by atoms with Crippen molar-refractivity contribution in [3.63, 3.8) is 0 Å². The van der Waals surface area contributed by atoms with Gasteiger partial charge in [0.25, 0.3) is 0 Å². The van der Waals surface area contributed by atoms with Gasteiger partial charge >= 0.3 is 0 Å². The molecule has 0 fully saturated rings. The van der Waals surface area contributed by atoms with E-state index in [1.807, 2.05) is 30.3 Å². The molecule has 1 aromatic heterocycles. The molecule has 0 radical (unpaired) electrons. The van der Waals surface area contributed by atoms with Crippen LogP contribution in [0.25, 0.3) is 0 Å². The molecule has 1 heterocycles. The molecule has 0 saturated heterocycles. The van der Waals surface area contributed by atoms with E-state index in [1.165, 1.54) is 24.2 Å². The molecule has 3 nitrogen and oxygen atoms in total. The summed E-state index contributed by atoms with van der Waals surface area (Å²) in [6, 6.07) is 9.99. The summed E-state index contributed by atoms with van der Waals surface area (Å²) in [7, 11) is 0. The van der Waals surface area contributed by atoms with Gasteiger partial charge in [-0.25, -0.2) is 4.98 Å². The van der Waals surface area contributed by atoms with Gasteiger partial charge in [-0.2, -0.15) is 0 Å². The normalized spacial score (nSPS) is 16.5. The highest BCUT2D eigenvalue weighted by molar-refractivity contribution is 5.27. The van der Waals surface area contributed by atoms with Crippen LogP contribution in [0.2, 0.25) is 0 Å². The Balaban J connectivity index is 1.91. The molecule has 2 aromatic rings. The van der Waals surface area contributed by atoms with Crippen molar-refractivity contribution in [2.45, 2.75) is 31.7 Å². The molecule has 0 bridgehead atoms. The van der Waals surface area contributed by atoms with E-state index in [2.05, 4.69) is 9.97 Å². The number of rotatable bonds is 2. The van der Waals surface area contributed by atoms with E-state index < -0.39 is 0 Å². The number of nitrogens with one attached hydrogen (secondary N) is 1. The molecule has 1 aliphatic rings. The van der Waals surface area contributed by atoms with Crippen LogP contribution in [0, 0.1) is 0 Å². The van der Waals surface area contributed by atoms with E-state index in [0.717, 1.165) is 24.2 Å². The Kier molecular flexibility index (Phi) is 2.69. The van der Waals surface area contributed by atoms with E-state index in [4.69, 9.17) is 5.73 Å². The Morgan fingerprint density at radius 3 is 2.65 bits per heavy atom. The first-order valence-corrected chi connectivity index (χ1v) is 6.23. The number of nitrogens with two attached hydrogens (primary N) is 1. The van der Waals surface area contributed by atoms with Crippen molar-refractivity contribution in [3.05, 3.63) is 53.1 Å². The van der Waals surface area contributed by atoms with Crippen molar-refractivity contribution in [2.24, 2.45) is 5.73 Å². The van der Waals surface area contributed by atoms with Gasteiger partial charge in [0.05, 0.1) is 11.7 Å². The van der Waals surface area contributed by atoms with E-state index in [9.17, 15) is 0 Å². The summed E-state index contributed by atoms with van der Waals surface area (Å²) in [5.41, 5.74) is 9.85. The van der Waals surface area contributed by atoms with Crippen LogP contribution in [0.1, 0.15) is 41.7 Å². The third-order valence-corrected chi connectivity index (χ3v) is 3.43. The van der Waals surface area contributed by atoms with Gasteiger partial charge in [0.15, 0.2) is 0 Å². The molecular weight excluding hydrogens is 210 g/mol. The number of aromatic amines is 1. The SMILES string of the molecule is NC(c1ccccc1)c1nc2c([nH]1)CCCC2. The lowest BCUT2D eigenvalue weighted by Crippen LogP contribution is -2.13. The number of H-pyrrole nitrogens is 1. The van der Waals surface area contributed by atoms with Crippen molar-refractivity contribution < 1.29 is 0 Å². The molecule has 1 aliphatic carbocycles. The van der Waals surface area contributed by atoms with Gasteiger partial charge in [0, 0.05) is 5.69 Å². The highest BCUT2D eigenvalue weighted by atomic mass is 15.0. The van der Waals surface area contributed by atoms with Crippen LogP contribution in [0.3, 0.4) is 0 Å². The molecule has 0 amide bonds. The Labute approximate surface area is 101 Å². The fourth-order valence-corrected chi connectivity index (χ4v) is 2.44. The predicted octanol–water partition coefficient (Wildman–Crippen LogP) is 2.34. The van der Waals surface area contributed by atoms with Crippen LogP contribution in [0.4, 0.5) is 0 Å². The van der Waals surface area contributed by atoms with Crippen LogP contribution in [0.15, 0.2) is 30.3 Å². The van der Waals surface area contributed by atoms with Gasteiger partial charge in [0.2, 0.25) is 0 Å². The van der Waals surface area contributed by atoms with Crippen molar-refractivity contribution in [1.29, 1.82) is 0 Å². The second kappa shape index (κ2) is 4.34. The topological polar surface area (TPSA) is 54.7 Å². The number of nitrogens with zero attached hydrogens (tertiary/aromatic N) is 1. The zero-order chi connectivity index (χ0) is 11.7. The smallest absolute Gasteiger partial charge is 0.128 e. The number of aromatic nitrogens is 2. The van der Waals surface area contributed by atoms with Crippen LogP contribution >= 0.6 is 0 Å². The lowest BCUT2D eigenvalue weighted by molar-refractivity contribution is 0.667. The second-order valence-electron chi connectivity index (χ2n) is 4.64. The monoisotopic (exact) mass is 227 g/mol. The fraction of sp³-hybridized carbons (Fsp3) is 0.357. The molecule has 3 heteroatoms. The summed E-state index contributed by atoms with van der Waals surface area (Å²) in [6.07, 6.45) is 4.71. The van der Waals surface area contributed by atoms with Gasteiger partial charge in [-0.05, 0) is 31.2 Å². The first kappa shape index (κ1) is 10.5. The highest BCUT2D eigenvalue weighted by Crippen LogP contribution is 2.23. The number of benzene rings is 1. The van der Waals surface area contributed by atoms with Crippen molar-refractivity contribution in [3.8, 4) is 0 Å². The molecule has 1 atom stereocenters. The quantitative estimate of drug-likeness (QED) is 0.827. The molecule has 3 rings (SSSR count). The molecule has 17 heavy (non-hydrogen) atoms. The van der Waals surface area contributed by atoms with Crippen molar-refractivity contribution in [1.82, 2.24) is 9.97 Å². The van der Waals surface area contributed by atoms with Gasteiger partial charge < -0.3 is 10.7 Å². The average Bonchev–Trinajstić information content (AvgIpc) is 2.82. The van der Waals surface area contributed by atoms with Crippen LogP contribution < -0.4 is 5.73 Å². The Hall–Kier alpha value is -1.61. The van der Waals surface area contributed by atoms with Gasteiger partial charge in [-0.15, -0.1) is 0 Å². The Morgan fingerprint density at radius 1 is 1.12 bits per heavy atom. The van der Waals surface area contributed by atoms with Crippen LogP contribution in [-0.4, -0.2) is 9.97 Å². The van der Waals surface area contributed by atoms with E-state index in [1.54, 1.807) is 0 Å². The zero-order valence-corrected chi connectivity index (χ0v) is 9.82. The highest BCUT2D eigenvalue weighted by Gasteiger charge is 2.18. The van der Waals surface area contributed by atoms with Crippen LogP contribution in [0.5, 0.6) is 0 Å². The van der Waals surface area contributed by atoms with Gasteiger partial charge in [0.1, 0.15) is 5.82 Å². The third kappa shape index (κ3) is 1.98. The molecule has 0 aliphatic heterocycles. The lowest BCUT2D eigenvalue weighted by Gasteiger charge is -2.08. The maximum Gasteiger partial charge on any atom is 0.128 e. The summed E-state index contributed by atoms with van der Waals surface area (Å²) in [4.78, 5) is 8.04. The maximum absolute atomic E-state index is 6.23. The number of aryl methyl sites for hydroxylation is 2. The summed E-state index contributed by atoms with van der Waals surface area (Å²) in [5, 5.41) is 0. The average molecular weight is 227 g/mol. The molecule has 3 N–H and O–H groups in total. The Bertz CT molecular complexity index is 478. The van der Waals surface area contributed by atoms with Gasteiger partial charge in [-0.1, -0.05) is 30.3 Å². The fourth-order valence-electron chi connectivity index (χ4n) is 2.44. The van der Waals surface area contributed by atoms with E-state index >= 15 is 0 Å². The van der Waals surface area contributed by atoms with Crippen LogP contribution in [-0.2, 0) is 12.8 Å². The largest absolute Gasteiger partial charge is 0.344 e. The van der Waals surface area contributed by atoms with E-state index in [-0.39, 0.29) is 6.04 Å². The molecule has 0 saturated carbocycles. The Morgan fingerprint density at radius 2 is 1.88 bits per heavy atom. The summed E-state index contributed by atoms with van der Waals surface area (Å²) in [5.74, 6) is 0.906. The standard InChI is InChI=1S/C14H17N3/c15-13(10-6-2-1-3-7-10)14-16-11-8-4-5-9-12(11)17-14/h1-3,6-7,13H,4-5,8-9,15H2,(H,16,17). The summed E-state index contributed by atoms with van der Waals surface area (Å²) in [6.45, 7) is 0. The maximum atomic E-state index is 6.23.